The first-order valence-corrected chi connectivity index (χ1v) is 4.52. The molecular formula is C6H5NOS2. The van der Waals surface area contributed by atoms with E-state index in [1.807, 2.05) is 11.6 Å². The zero-order valence-electron chi connectivity index (χ0n) is 5.07. The first kappa shape index (κ1) is 6.27. The van der Waals surface area contributed by atoms with E-state index in [-0.39, 0.29) is 6.61 Å². The van der Waals surface area contributed by atoms with Gasteiger partial charge in [0.25, 0.3) is 0 Å². The molecule has 2 aromatic heterocycles. The summed E-state index contributed by atoms with van der Waals surface area (Å²) < 4.78 is 1.18. The SMILES string of the molecule is OCc1cc2scnc2s1. The van der Waals surface area contributed by atoms with Crippen molar-refractivity contribution >= 4 is 32.2 Å². The van der Waals surface area contributed by atoms with Gasteiger partial charge in [0, 0.05) is 4.88 Å². The summed E-state index contributed by atoms with van der Waals surface area (Å²) in [5, 5.41) is 8.74. The molecule has 10 heavy (non-hydrogen) atoms. The van der Waals surface area contributed by atoms with E-state index in [9.17, 15) is 0 Å². The van der Waals surface area contributed by atoms with Crippen molar-refractivity contribution < 1.29 is 5.11 Å². The predicted octanol–water partition coefficient (Wildman–Crippen LogP) is 1.85. The van der Waals surface area contributed by atoms with Crippen LogP contribution in [0.25, 0.3) is 9.53 Å². The first-order chi connectivity index (χ1) is 4.90. The summed E-state index contributed by atoms with van der Waals surface area (Å²) in [6, 6.07) is 1.98. The van der Waals surface area contributed by atoms with Crippen LogP contribution in [0.1, 0.15) is 4.88 Å². The van der Waals surface area contributed by atoms with E-state index in [1.54, 1.807) is 22.7 Å². The van der Waals surface area contributed by atoms with E-state index in [2.05, 4.69) is 4.98 Å². The molecule has 2 rings (SSSR count). The fourth-order valence-corrected chi connectivity index (χ4v) is 2.60. The number of hydrogen-bond donors (Lipinski definition) is 1. The molecule has 0 aliphatic heterocycles. The molecule has 0 atom stereocenters. The van der Waals surface area contributed by atoms with Crippen molar-refractivity contribution in [3.63, 3.8) is 0 Å². The fraction of sp³-hybridized carbons (Fsp3) is 0.167. The van der Waals surface area contributed by atoms with Gasteiger partial charge in [-0.2, -0.15) is 0 Å². The quantitative estimate of drug-likeness (QED) is 0.710. The molecule has 0 amide bonds. The van der Waals surface area contributed by atoms with Crippen LogP contribution in [0, 0.1) is 0 Å². The third-order valence-corrected chi connectivity index (χ3v) is 3.17. The smallest absolute Gasteiger partial charge is 0.134 e. The van der Waals surface area contributed by atoms with Crippen molar-refractivity contribution in [1.29, 1.82) is 0 Å². The maximum atomic E-state index is 8.74. The second-order valence-corrected chi connectivity index (χ2v) is 3.89. The number of aliphatic hydroxyl groups excluding tert-OH is 1. The molecule has 0 bridgehead atoms. The van der Waals surface area contributed by atoms with Crippen LogP contribution in [0.3, 0.4) is 0 Å². The van der Waals surface area contributed by atoms with Crippen LogP contribution in [-0.4, -0.2) is 10.1 Å². The molecule has 0 aliphatic carbocycles. The minimum Gasteiger partial charge on any atom is -0.391 e. The largest absolute Gasteiger partial charge is 0.391 e. The Balaban J connectivity index is 2.67. The minimum absolute atomic E-state index is 0.133. The summed E-state index contributed by atoms with van der Waals surface area (Å²) in [5.41, 5.74) is 1.82. The van der Waals surface area contributed by atoms with Gasteiger partial charge in [0.1, 0.15) is 4.83 Å². The minimum atomic E-state index is 0.133. The molecule has 52 valence electrons. The van der Waals surface area contributed by atoms with E-state index in [1.165, 1.54) is 4.70 Å². The van der Waals surface area contributed by atoms with Gasteiger partial charge >= 0.3 is 0 Å². The van der Waals surface area contributed by atoms with Gasteiger partial charge in [-0.3, -0.25) is 0 Å². The zero-order chi connectivity index (χ0) is 6.97. The lowest BCUT2D eigenvalue weighted by atomic mass is 10.5. The topological polar surface area (TPSA) is 33.1 Å². The Kier molecular flexibility index (Phi) is 1.44. The maximum Gasteiger partial charge on any atom is 0.134 e. The summed E-state index contributed by atoms with van der Waals surface area (Å²) in [4.78, 5) is 6.14. The number of thiazole rings is 1. The Morgan fingerprint density at radius 3 is 3.20 bits per heavy atom. The van der Waals surface area contributed by atoms with Gasteiger partial charge in [0.2, 0.25) is 0 Å². The molecule has 0 aromatic carbocycles. The predicted molar refractivity (Wildman–Crippen MR) is 43.4 cm³/mol. The van der Waals surface area contributed by atoms with Crippen molar-refractivity contribution in [3.05, 3.63) is 16.5 Å². The Morgan fingerprint density at radius 2 is 2.50 bits per heavy atom. The van der Waals surface area contributed by atoms with Crippen LogP contribution in [0.2, 0.25) is 0 Å². The molecule has 2 nitrogen and oxygen atoms in total. The van der Waals surface area contributed by atoms with Crippen molar-refractivity contribution in [3.8, 4) is 0 Å². The highest BCUT2D eigenvalue weighted by atomic mass is 32.1. The number of aromatic nitrogens is 1. The number of thiophene rings is 1. The summed E-state index contributed by atoms with van der Waals surface area (Å²) in [6.45, 7) is 0.133. The molecule has 0 radical (unpaired) electrons. The average Bonchev–Trinajstić information content (AvgIpc) is 2.42. The van der Waals surface area contributed by atoms with Gasteiger partial charge in [-0.05, 0) is 6.07 Å². The standard InChI is InChI=1S/C6H5NOS2/c8-2-4-1-5-6(10-4)7-3-9-5/h1,3,8H,2H2. The highest BCUT2D eigenvalue weighted by Gasteiger charge is 2.01. The third kappa shape index (κ3) is 0.847. The number of nitrogens with zero attached hydrogens (tertiary/aromatic N) is 1. The lowest BCUT2D eigenvalue weighted by Gasteiger charge is -1.79. The number of hydrogen-bond acceptors (Lipinski definition) is 4. The van der Waals surface area contributed by atoms with Gasteiger partial charge in [-0.1, -0.05) is 0 Å². The number of rotatable bonds is 1. The first-order valence-electron chi connectivity index (χ1n) is 2.83. The highest BCUT2D eigenvalue weighted by Crippen LogP contribution is 2.27. The summed E-state index contributed by atoms with van der Waals surface area (Å²) in [6.07, 6.45) is 0. The monoisotopic (exact) mass is 171 g/mol. The van der Waals surface area contributed by atoms with Crippen molar-refractivity contribution in [2.45, 2.75) is 6.61 Å². The number of fused-ring (bicyclic) bond motifs is 1. The second kappa shape index (κ2) is 2.30. The van der Waals surface area contributed by atoms with Gasteiger partial charge in [-0.15, -0.1) is 22.7 Å². The number of aliphatic hydroxyl groups is 1. The molecular weight excluding hydrogens is 166 g/mol. The Morgan fingerprint density at radius 1 is 1.60 bits per heavy atom. The van der Waals surface area contributed by atoms with Gasteiger partial charge < -0.3 is 5.11 Å². The molecule has 0 saturated carbocycles. The normalized spacial score (nSPS) is 10.9. The summed E-state index contributed by atoms with van der Waals surface area (Å²) in [7, 11) is 0. The van der Waals surface area contributed by atoms with Crippen LogP contribution in [0.5, 0.6) is 0 Å². The molecule has 0 unspecified atom stereocenters. The molecule has 2 aromatic rings. The van der Waals surface area contributed by atoms with Crippen LogP contribution >= 0.6 is 22.7 Å². The molecule has 0 saturated heterocycles. The highest BCUT2D eigenvalue weighted by molar-refractivity contribution is 7.26. The van der Waals surface area contributed by atoms with Crippen LogP contribution < -0.4 is 0 Å². The van der Waals surface area contributed by atoms with Crippen molar-refractivity contribution in [2.75, 3.05) is 0 Å². The Labute approximate surface area is 65.8 Å². The molecule has 0 fully saturated rings. The summed E-state index contributed by atoms with van der Waals surface area (Å²) >= 11 is 3.16. The average molecular weight is 171 g/mol. The summed E-state index contributed by atoms with van der Waals surface area (Å²) in [5.74, 6) is 0. The van der Waals surface area contributed by atoms with Gasteiger partial charge in [0.15, 0.2) is 0 Å². The lowest BCUT2D eigenvalue weighted by Crippen LogP contribution is -1.70. The zero-order valence-corrected chi connectivity index (χ0v) is 6.71. The molecule has 4 heteroatoms. The fourth-order valence-electron chi connectivity index (χ4n) is 0.795. The van der Waals surface area contributed by atoms with Gasteiger partial charge in [0.05, 0.1) is 16.8 Å². The maximum absolute atomic E-state index is 8.74. The molecule has 0 aliphatic rings. The molecule has 1 N–H and O–H groups in total. The van der Waals surface area contributed by atoms with E-state index >= 15 is 0 Å². The van der Waals surface area contributed by atoms with E-state index in [4.69, 9.17) is 5.11 Å². The van der Waals surface area contributed by atoms with Crippen LogP contribution in [0.4, 0.5) is 0 Å². The second-order valence-electron chi connectivity index (χ2n) is 1.89. The third-order valence-electron chi connectivity index (χ3n) is 1.24. The van der Waals surface area contributed by atoms with Crippen molar-refractivity contribution in [1.82, 2.24) is 4.98 Å². The van der Waals surface area contributed by atoms with Crippen molar-refractivity contribution in [2.24, 2.45) is 0 Å². The molecule has 2 heterocycles. The van der Waals surface area contributed by atoms with Crippen LogP contribution in [0.15, 0.2) is 11.6 Å². The van der Waals surface area contributed by atoms with Gasteiger partial charge in [-0.25, -0.2) is 4.98 Å². The van der Waals surface area contributed by atoms with E-state index in [0.29, 0.717) is 0 Å². The lowest BCUT2D eigenvalue weighted by molar-refractivity contribution is 0.285. The molecule has 0 spiro atoms. The Hall–Kier alpha value is -0.450. The Bertz CT molecular complexity index is 309. The van der Waals surface area contributed by atoms with E-state index in [0.717, 1.165) is 9.71 Å². The van der Waals surface area contributed by atoms with Crippen LogP contribution in [-0.2, 0) is 6.61 Å². The van der Waals surface area contributed by atoms with E-state index < -0.39 is 0 Å².